The number of nitrogen functional groups attached to an aromatic ring is 1. The third-order valence-electron chi connectivity index (χ3n) is 10.2. The lowest BCUT2D eigenvalue weighted by molar-refractivity contribution is -0.117. The second kappa shape index (κ2) is 21.0. The van der Waals surface area contributed by atoms with Gasteiger partial charge in [-0.05, 0) is 140 Å². The van der Waals surface area contributed by atoms with Gasteiger partial charge in [0.15, 0.2) is 0 Å². The standard InChI is InChI=1S/C17H25N3O2.C14H30N2.C8H10ClN/c1-13(21)5-4-10-19-11-8-14(9-12-19)20-16-7-3-2-6-15(16)18-17(20)22;1-4-11-16(12-8-13(3)5-2)14-6-9-15-10-7-14;1-5-3-6(2)8(10)7(9)4-5/h2,6,14H,3-5,7-12H2,1H3,(H,18,22);13-15H,4-12H2,1-3H3;3-4H,10H2,1-2H3. The number of hydrogen-bond donors (Lipinski definition) is 3. The molecule has 8 nitrogen and oxygen atoms in total. The number of Topliss-reactive ketones (excluding diaryl/α,β-unsaturated/α-hetero) is 1. The number of piperidine rings is 2. The van der Waals surface area contributed by atoms with E-state index in [-0.39, 0.29) is 11.5 Å². The number of hydrogen-bond acceptors (Lipinski definition) is 6. The first-order valence-corrected chi connectivity index (χ1v) is 19.1. The van der Waals surface area contributed by atoms with Crippen molar-refractivity contribution in [3.05, 3.63) is 56.2 Å². The molecule has 3 aliphatic rings. The van der Waals surface area contributed by atoms with Crippen molar-refractivity contribution in [2.24, 2.45) is 5.92 Å². The highest BCUT2D eigenvalue weighted by Crippen LogP contribution is 2.27. The smallest absolute Gasteiger partial charge is 0.326 e. The number of aryl methyl sites for hydroxylation is 2. The first-order valence-electron chi connectivity index (χ1n) is 18.7. The van der Waals surface area contributed by atoms with Crippen LogP contribution in [0, 0.1) is 19.8 Å². The molecule has 1 aromatic carbocycles. The molecule has 1 aliphatic carbocycles. The van der Waals surface area contributed by atoms with Gasteiger partial charge in [0.05, 0.1) is 16.4 Å². The predicted molar refractivity (Wildman–Crippen MR) is 204 cm³/mol. The SMILES string of the molecule is CC(=O)CCCN1CCC(n2c3c([nH]c2=O)C=CCC3)CC1.CCCN(CCC(C)CC)C1CCNCC1.Cc1cc(C)c(N)c(Cl)c1. The number of aromatic nitrogens is 2. The molecular weight excluding hydrogens is 620 g/mol. The summed E-state index contributed by atoms with van der Waals surface area (Å²) in [6.45, 7) is 20.7. The second-order valence-electron chi connectivity index (χ2n) is 14.3. The van der Waals surface area contributed by atoms with Crippen LogP contribution in [0.5, 0.6) is 0 Å². The van der Waals surface area contributed by atoms with Crippen molar-refractivity contribution in [1.29, 1.82) is 0 Å². The van der Waals surface area contributed by atoms with E-state index in [0.717, 1.165) is 80.5 Å². The Bertz CT molecular complexity index is 1310. The summed E-state index contributed by atoms with van der Waals surface area (Å²) in [5.41, 5.74) is 10.7. The summed E-state index contributed by atoms with van der Waals surface area (Å²) < 4.78 is 2.01. The molecule has 0 spiro atoms. The van der Waals surface area contributed by atoms with E-state index in [1.54, 1.807) is 6.92 Å². The number of nitrogens with one attached hydrogen (secondary N) is 2. The van der Waals surface area contributed by atoms with Crippen LogP contribution in [0.25, 0.3) is 6.08 Å². The Balaban J connectivity index is 0.000000211. The van der Waals surface area contributed by atoms with Gasteiger partial charge in [0.2, 0.25) is 0 Å². The topological polar surface area (TPSA) is 99.4 Å². The van der Waals surface area contributed by atoms with Gasteiger partial charge in [-0.1, -0.05) is 50.9 Å². The number of halogens is 1. The van der Waals surface area contributed by atoms with E-state index >= 15 is 0 Å². The summed E-state index contributed by atoms with van der Waals surface area (Å²) in [5.74, 6) is 1.16. The van der Waals surface area contributed by atoms with Crippen molar-refractivity contribution in [2.75, 3.05) is 51.5 Å². The molecule has 1 atom stereocenters. The number of carbonyl (C=O) groups excluding carboxylic acids is 1. The van der Waals surface area contributed by atoms with Crippen LogP contribution in [0.4, 0.5) is 5.69 Å². The maximum Gasteiger partial charge on any atom is 0.326 e. The van der Waals surface area contributed by atoms with E-state index in [0.29, 0.717) is 23.2 Å². The number of imidazole rings is 1. The fourth-order valence-corrected chi connectivity index (χ4v) is 7.43. The Morgan fingerprint density at radius 3 is 2.44 bits per heavy atom. The molecule has 9 heteroatoms. The number of nitrogens with zero attached hydrogens (tertiary/aromatic N) is 3. The van der Waals surface area contributed by atoms with Gasteiger partial charge in [-0.3, -0.25) is 4.57 Å². The largest absolute Gasteiger partial charge is 0.397 e. The van der Waals surface area contributed by atoms with Gasteiger partial charge in [0.25, 0.3) is 0 Å². The molecule has 270 valence electrons. The molecule has 5 rings (SSSR count). The molecule has 4 N–H and O–H groups in total. The molecule has 0 saturated carbocycles. The van der Waals surface area contributed by atoms with Crippen LogP contribution in [-0.2, 0) is 11.2 Å². The minimum atomic E-state index is 0.0478. The molecule has 2 aliphatic heterocycles. The number of carbonyl (C=O) groups is 1. The molecule has 48 heavy (non-hydrogen) atoms. The van der Waals surface area contributed by atoms with Crippen LogP contribution in [0.3, 0.4) is 0 Å². The fourth-order valence-electron chi connectivity index (χ4n) is 7.11. The van der Waals surface area contributed by atoms with Crippen LogP contribution < -0.4 is 16.7 Å². The lowest BCUT2D eigenvalue weighted by Crippen LogP contribution is -2.44. The Labute approximate surface area is 295 Å². The summed E-state index contributed by atoms with van der Waals surface area (Å²) in [6, 6.07) is 5.05. The number of likely N-dealkylation sites (tertiary alicyclic amines) is 1. The summed E-state index contributed by atoms with van der Waals surface area (Å²) >= 11 is 5.79. The third kappa shape index (κ3) is 12.8. The minimum Gasteiger partial charge on any atom is -0.397 e. The number of H-pyrrole nitrogens is 1. The van der Waals surface area contributed by atoms with Crippen LogP contribution in [0.1, 0.15) is 120 Å². The number of fused-ring (bicyclic) bond motifs is 1. The average Bonchev–Trinajstić information content (AvgIpc) is 3.42. The highest BCUT2D eigenvalue weighted by Gasteiger charge is 2.25. The zero-order valence-electron chi connectivity index (χ0n) is 30.9. The normalized spacial score (nSPS) is 17.7. The van der Waals surface area contributed by atoms with Crippen molar-refractivity contribution >= 4 is 29.1 Å². The quantitative estimate of drug-likeness (QED) is 0.200. The molecule has 0 radical (unpaired) electrons. The van der Waals surface area contributed by atoms with E-state index in [4.69, 9.17) is 17.3 Å². The van der Waals surface area contributed by atoms with Gasteiger partial charge < -0.3 is 30.6 Å². The highest BCUT2D eigenvalue weighted by atomic mass is 35.5. The molecule has 0 bridgehead atoms. The Morgan fingerprint density at radius 1 is 1.10 bits per heavy atom. The molecule has 2 saturated heterocycles. The minimum absolute atomic E-state index is 0.0478. The van der Waals surface area contributed by atoms with Gasteiger partial charge in [-0.2, -0.15) is 0 Å². The van der Waals surface area contributed by atoms with Gasteiger partial charge in [-0.15, -0.1) is 0 Å². The fraction of sp³-hybridized carbons (Fsp3) is 0.692. The second-order valence-corrected chi connectivity index (χ2v) is 14.7. The first kappa shape index (κ1) is 40.0. The molecule has 1 aromatic heterocycles. The number of aromatic amines is 1. The van der Waals surface area contributed by atoms with E-state index in [9.17, 15) is 9.59 Å². The van der Waals surface area contributed by atoms with Crippen molar-refractivity contribution in [3.8, 4) is 0 Å². The van der Waals surface area contributed by atoms with E-state index in [2.05, 4.69) is 46.9 Å². The van der Waals surface area contributed by atoms with E-state index in [1.165, 1.54) is 64.0 Å². The number of allylic oxidation sites excluding steroid dienone is 1. The zero-order valence-corrected chi connectivity index (χ0v) is 31.6. The summed E-state index contributed by atoms with van der Waals surface area (Å²) in [7, 11) is 0. The monoisotopic (exact) mass is 684 g/mol. The zero-order chi connectivity index (χ0) is 35.1. The number of rotatable bonds is 12. The van der Waals surface area contributed by atoms with Crippen LogP contribution >= 0.6 is 11.6 Å². The highest BCUT2D eigenvalue weighted by molar-refractivity contribution is 6.33. The third-order valence-corrected chi connectivity index (χ3v) is 10.6. The number of benzene rings is 1. The van der Waals surface area contributed by atoms with E-state index < -0.39 is 0 Å². The van der Waals surface area contributed by atoms with Gasteiger partial charge >= 0.3 is 5.69 Å². The number of nitrogens with two attached hydrogens (primary N) is 1. The molecule has 3 heterocycles. The van der Waals surface area contributed by atoms with Crippen LogP contribution in [0.15, 0.2) is 23.0 Å². The van der Waals surface area contributed by atoms with Crippen LogP contribution in [0.2, 0.25) is 5.02 Å². The summed E-state index contributed by atoms with van der Waals surface area (Å²) in [4.78, 5) is 31.4. The lowest BCUT2D eigenvalue weighted by atomic mass is 10.0. The molecule has 0 amide bonds. The van der Waals surface area contributed by atoms with Crippen molar-refractivity contribution in [3.63, 3.8) is 0 Å². The van der Waals surface area contributed by atoms with Gasteiger partial charge in [-0.25, -0.2) is 4.79 Å². The Morgan fingerprint density at radius 2 is 1.81 bits per heavy atom. The summed E-state index contributed by atoms with van der Waals surface area (Å²) in [6.07, 6.45) is 16.5. The molecular formula is C39H65ClN6O2. The molecule has 2 fully saturated rings. The van der Waals surface area contributed by atoms with Gasteiger partial charge in [0.1, 0.15) is 5.78 Å². The Hall–Kier alpha value is -2.39. The van der Waals surface area contributed by atoms with Crippen LogP contribution in [-0.4, -0.2) is 77.0 Å². The van der Waals surface area contributed by atoms with Crippen molar-refractivity contribution < 1.29 is 4.79 Å². The summed E-state index contributed by atoms with van der Waals surface area (Å²) in [5, 5.41) is 4.11. The predicted octanol–water partition coefficient (Wildman–Crippen LogP) is 7.57. The Kier molecular flexibility index (Phi) is 17.5. The lowest BCUT2D eigenvalue weighted by Gasteiger charge is -2.35. The number of ketones is 1. The van der Waals surface area contributed by atoms with Crippen molar-refractivity contribution in [2.45, 2.75) is 124 Å². The maximum atomic E-state index is 12.3. The van der Waals surface area contributed by atoms with Gasteiger partial charge in [0, 0.05) is 37.3 Å². The van der Waals surface area contributed by atoms with Crippen molar-refractivity contribution in [1.82, 2.24) is 24.7 Å². The average molecular weight is 685 g/mol. The van der Waals surface area contributed by atoms with E-state index in [1.807, 2.05) is 36.6 Å². The number of anilines is 1. The molecule has 2 aromatic rings. The molecule has 1 unspecified atom stereocenters. The maximum absolute atomic E-state index is 12.3. The first-order chi connectivity index (χ1) is 23.0.